The Labute approximate surface area is 159 Å². The number of ether oxygens (including phenoxy) is 1. The van der Waals surface area contributed by atoms with Gasteiger partial charge in [-0.1, -0.05) is 35.5 Å². The number of rotatable bonds is 5. The summed E-state index contributed by atoms with van der Waals surface area (Å²) in [5.74, 6) is -0.578. The number of hydrogen-bond donors (Lipinski definition) is 1. The van der Waals surface area contributed by atoms with Crippen molar-refractivity contribution in [2.24, 2.45) is 0 Å². The van der Waals surface area contributed by atoms with E-state index in [0.717, 1.165) is 17.7 Å². The van der Waals surface area contributed by atoms with Crippen LogP contribution < -0.4 is 10.1 Å². The number of carbonyl (C=O) groups excluding carboxylic acids is 1. The summed E-state index contributed by atoms with van der Waals surface area (Å²) in [6, 6.07) is 14.2. The van der Waals surface area contributed by atoms with Crippen LogP contribution >= 0.6 is 0 Å². The molecule has 0 bridgehead atoms. The molecule has 1 aromatic heterocycles. The van der Waals surface area contributed by atoms with Crippen LogP contribution in [0.5, 0.6) is 5.75 Å². The van der Waals surface area contributed by atoms with Crippen molar-refractivity contribution in [2.45, 2.75) is 26.3 Å². The molecule has 0 spiro atoms. The first-order valence-corrected chi connectivity index (χ1v) is 8.43. The molecule has 0 aliphatic rings. The monoisotopic (exact) mass is 390 g/mol. The van der Waals surface area contributed by atoms with E-state index >= 15 is 0 Å². The van der Waals surface area contributed by atoms with Gasteiger partial charge < -0.3 is 14.6 Å². The molecule has 0 aliphatic heterocycles. The summed E-state index contributed by atoms with van der Waals surface area (Å²) in [5, 5.41) is 6.71. The Kier molecular flexibility index (Phi) is 5.39. The Morgan fingerprint density at radius 2 is 1.75 bits per heavy atom. The molecule has 0 aliphatic carbocycles. The minimum Gasteiger partial charge on any atom is -0.406 e. The predicted molar refractivity (Wildman–Crippen MR) is 95.7 cm³/mol. The Balaban J connectivity index is 1.82. The summed E-state index contributed by atoms with van der Waals surface area (Å²) >= 11 is 0. The minimum absolute atomic E-state index is 0.175. The number of benzene rings is 2. The highest BCUT2D eigenvalue weighted by Crippen LogP contribution is 2.30. The standard InChI is InChI=1S/C20H17F3N2O3/c1-12(14-6-4-3-5-7-14)24-19(26)17-13(2)25-28-18(17)15-8-10-16(11-9-15)27-20(21,22)23/h3-12H,1-2H3,(H,24,26). The largest absolute Gasteiger partial charge is 0.573 e. The maximum Gasteiger partial charge on any atom is 0.573 e. The van der Waals surface area contributed by atoms with E-state index < -0.39 is 6.36 Å². The molecule has 1 atom stereocenters. The third-order valence-electron chi connectivity index (χ3n) is 4.09. The molecule has 8 heteroatoms. The van der Waals surface area contributed by atoms with Gasteiger partial charge in [0.25, 0.3) is 5.91 Å². The molecule has 1 heterocycles. The molecule has 3 rings (SSSR count). The number of halogens is 3. The van der Waals surface area contributed by atoms with Crippen LogP contribution in [0, 0.1) is 6.92 Å². The first-order chi connectivity index (χ1) is 13.2. The van der Waals surface area contributed by atoms with Gasteiger partial charge in [0.15, 0.2) is 5.76 Å². The molecule has 1 amide bonds. The lowest BCUT2D eigenvalue weighted by molar-refractivity contribution is -0.274. The van der Waals surface area contributed by atoms with Crippen molar-refractivity contribution >= 4 is 5.91 Å². The smallest absolute Gasteiger partial charge is 0.406 e. The lowest BCUT2D eigenvalue weighted by atomic mass is 10.0. The average Bonchev–Trinajstić information content (AvgIpc) is 3.03. The number of alkyl halides is 3. The van der Waals surface area contributed by atoms with Gasteiger partial charge in [-0.25, -0.2) is 0 Å². The van der Waals surface area contributed by atoms with Crippen molar-refractivity contribution in [3.05, 3.63) is 71.4 Å². The molecule has 0 fully saturated rings. The zero-order valence-electron chi connectivity index (χ0n) is 15.1. The Morgan fingerprint density at radius 1 is 1.11 bits per heavy atom. The predicted octanol–water partition coefficient (Wildman–Crippen LogP) is 5.04. The summed E-state index contributed by atoms with van der Waals surface area (Å²) in [5.41, 5.74) is 1.95. The van der Waals surface area contributed by atoms with E-state index in [0.29, 0.717) is 11.3 Å². The quantitative estimate of drug-likeness (QED) is 0.663. The van der Waals surface area contributed by atoms with Crippen LogP contribution in [0.4, 0.5) is 13.2 Å². The van der Waals surface area contributed by atoms with Crippen molar-refractivity contribution in [3.63, 3.8) is 0 Å². The van der Waals surface area contributed by atoms with Gasteiger partial charge in [-0.3, -0.25) is 4.79 Å². The molecule has 3 aromatic rings. The molecule has 0 radical (unpaired) electrons. The van der Waals surface area contributed by atoms with Crippen LogP contribution in [0.15, 0.2) is 59.1 Å². The van der Waals surface area contributed by atoms with Crippen LogP contribution in [-0.2, 0) is 0 Å². The summed E-state index contributed by atoms with van der Waals surface area (Å²) in [7, 11) is 0. The van der Waals surface area contributed by atoms with Gasteiger partial charge in [-0.05, 0) is 43.7 Å². The van der Waals surface area contributed by atoms with Crippen LogP contribution in [0.25, 0.3) is 11.3 Å². The molecule has 0 saturated carbocycles. The normalized spacial score (nSPS) is 12.5. The zero-order chi connectivity index (χ0) is 20.3. The second kappa shape index (κ2) is 7.75. The van der Waals surface area contributed by atoms with Crippen LogP contribution in [0.1, 0.15) is 34.6 Å². The molecule has 0 saturated heterocycles. The van der Waals surface area contributed by atoms with E-state index in [-0.39, 0.29) is 29.0 Å². The molecule has 1 N–H and O–H groups in total. The van der Waals surface area contributed by atoms with E-state index in [1.165, 1.54) is 12.1 Å². The minimum atomic E-state index is -4.77. The molecule has 28 heavy (non-hydrogen) atoms. The Hall–Kier alpha value is -3.29. The third kappa shape index (κ3) is 4.51. The average molecular weight is 390 g/mol. The van der Waals surface area contributed by atoms with Crippen LogP contribution in [0.3, 0.4) is 0 Å². The number of nitrogens with one attached hydrogen (secondary N) is 1. The highest BCUT2D eigenvalue weighted by Gasteiger charge is 2.31. The number of hydrogen-bond acceptors (Lipinski definition) is 4. The van der Waals surface area contributed by atoms with Crippen molar-refractivity contribution in [2.75, 3.05) is 0 Å². The number of nitrogens with zero attached hydrogens (tertiary/aromatic N) is 1. The summed E-state index contributed by atoms with van der Waals surface area (Å²) < 4.78 is 46.0. The third-order valence-corrected chi connectivity index (χ3v) is 4.09. The fourth-order valence-electron chi connectivity index (χ4n) is 2.74. The van der Waals surface area contributed by atoms with Gasteiger partial charge in [0.05, 0.1) is 11.7 Å². The van der Waals surface area contributed by atoms with Crippen molar-refractivity contribution in [1.29, 1.82) is 0 Å². The second-order valence-corrected chi connectivity index (χ2v) is 6.15. The van der Waals surface area contributed by atoms with E-state index in [1.807, 2.05) is 37.3 Å². The fraction of sp³-hybridized carbons (Fsp3) is 0.200. The van der Waals surface area contributed by atoms with E-state index in [9.17, 15) is 18.0 Å². The van der Waals surface area contributed by atoms with Gasteiger partial charge in [0, 0.05) is 5.56 Å². The molecular weight excluding hydrogens is 373 g/mol. The number of amides is 1. The van der Waals surface area contributed by atoms with Gasteiger partial charge in [0.2, 0.25) is 0 Å². The number of carbonyl (C=O) groups is 1. The van der Waals surface area contributed by atoms with Gasteiger partial charge in [0.1, 0.15) is 11.3 Å². The topological polar surface area (TPSA) is 64.4 Å². The zero-order valence-corrected chi connectivity index (χ0v) is 15.1. The maximum atomic E-state index is 12.8. The molecular formula is C20H17F3N2O3. The second-order valence-electron chi connectivity index (χ2n) is 6.15. The van der Waals surface area contributed by atoms with Gasteiger partial charge in [-0.15, -0.1) is 13.2 Å². The summed E-state index contributed by atoms with van der Waals surface area (Å²) in [4.78, 5) is 12.8. The Morgan fingerprint density at radius 3 is 2.36 bits per heavy atom. The van der Waals surface area contributed by atoms with Crippen molar-refractivity contribution < 1.29 is 27.2 Å². The van der Waals surface area contributed by atoms with Crippen molar-refractivity contribution in [1.82, 2.24) is 10.5 Å². The molecule has 146 valence electrons. The first kappa shape index (κ1) is 19.5. The lowest BCUT2D eigenvalue weighted by Crippen LogP contribution is -2.27. The van der Waals surface area contributed by atoms with E-state index in [4.69, 9.17) is 4.52 Å². The van der Waals surface area contributed by atoms with E-state index in [1.54, 1.807) is 6.92 Å². The van der Waals surface area contributed by atoms with Crippen LogP contribution in [0.2, 0.25) is 0 Å². The molecule has 1 unspecified atom stereocenters. The van der Waals surface area contributed by atoms with Crippen LogP contribution in [-0.4, -0.2) is 17.4 Å². The maximum absolute atomic E-state index is 12.8. The molecule has 2 aromatic carbocycles. The van der Waals surface area contributed by atoms with E-state index in [2.05, 4.69) is 15.2 Å². The first-order valence-electron chi connectivity index (χ1n) is 8.43. The van der Waals surface area contributed by atoms with Gasteiger partial charge in [-0.2, -0.15) is 0 Å². The molecule has 5 nitrogen and oxygen atoms in total. The highest BCUT2D eigenvalue weighted by molar-refractivity contribution is 6.00. The summed E-state index contributed by atoms with van der Waals surface area (Å²) in [6.45, 7) is 3.47. The summed E-state index contributed by atoms with van der Waals surface area (Å²) in [6.07, 6.45) is -4.77. The lowest BCUT2D eigenvalue weighted by Gasteiger charge is -2.14. The highest BCUT2D eigenvalue weighted by atomic mass is 19.4. The Bertz CT molecular complexity index is 951. The number of aryl methyl sites for hydroxylation is 1. The number of aromatic nitrogens is 1. The van der Waals surface area contributed by atoms with Gasteiger partial charge >= 0.3 is 6.36 Å². The SMILES string of the molecule is Cc1noc(-c2ccc(OC(F)(F)F)cc2)c1C(=O)NC(C)c1ccccc1. The van der Waals surface area contributed by atoms with Crippen molar-refractivity contribution in [3.8, 4) is 17.1 Å². The fourth-order valence-corrected chi connectivity index (χ4v) is 2.74.